The summed E-state index contributed by atoms with van der Waals surface area (Å²) in [5.74, 6) is -0.285. The van der Waals surface area contributed by atoms with Crippen molar-refractivity contribution >= 4 is 22.7 Å². The number of rotatable bonds is 3. The zero-order valence-electron chi connectivity index (χ0n) is 14.3. The van der Waals surface area contributed by atoms with Gasteiger partial charge in [-0.1, -0.05) is 6.42 Å². The number of carboxylic acids is 1. The van der Waals surface area contributed by atoms with Crippen LogP contribution in [-0.4, -0.2) is 41.2 Å². The van der Waals surface area contributed by atoms with Gasteiger partial charge in [-0.15, -0.1) is 0 Å². The van der Waals surface area contributed by atoms with Gasteiger partial charge in [-0.25, -0.2) is 14.4 Å². The van der Waals surface area contributed by atoms with Crippen molar-refractivity contribution in [2.75, 3.05) is 25.1 Å². The Balaban J connectivity index is 1.82. The van der Waals surface area contributed by atoms with Crippen molar-refractivity contribution in [1.82, 2.24) is 9.97 Å². The standard InChI is InChI=1S/C18H20FN3O3/c1-10-20-14-7-13(19)15(25-2)6-11(14)16(21-10)22-8-12(17(23)24)18(9-22)4-3-5-18/h6-7,12H,3-5,8-9H2,1-2H3,(H,23,24). The highest BCUT2D eigenvalue weighted by Crippen LogP contribution is 2.52. The number of aryl methyl sites for hydroxylation is 1. The van der Waals surface area contributed by atoms with Crippen LogP contribution < -0.4 is 9.64 Å². The summed E-state index contributed by atoms with van der Waals surface area (Å²) in [6, 6.07) is 2.94. The number of aliphatic carboxylic acids is 1. The van der Waals surface area contributed by atoms with Gasteiger partial charge in [0.05, 0.1) is 18.5 Å². The van der Waals surface area contributed by atoms with Crippen LogP contribution in [0.3, 0.4) is 0 Å². The van der Waals surface area contributed by atoms with Crippen LogP contribution in [0.2, 0.25) is 0 Å². The van der Waals surface area contributed by atoms with E-state index in [9.17, 15) is 14.3 Å². The Morgan fingerprint density at radius 1 is 1.40 bits per heavy atom. The monoisotopic (exact) mass is 345 g/mol. The number of anilines is 1. The number of hydrogen-bond acceptors (Lipinski definition) is 5. The van der Waals surface area contributed by atoms with E-state index in [4.69, 9.17) is 4.74 Å². The molecule has 4 rings (SSSR count). The summed E-state index contributed by atoms with van der Waals surface area (Å²) in [7, 11) is 1.42. The van der Waals surface area contributed by atoms with Crippen molar-refractivity contribution in [3.05, 3.63) is 23.8 Å². The number of ether oxygens (including phenoxy) is 1. The first-order valence-electron chi connectivity index (χ1n) is 8.43. The third-order valence-electron chi connectivity index (χ3n) is 5.66. The van der Waals surface area contributed by atoms with E-state index in [1.807, 2.05) is 4.90 Å². The molecule has 2 fully saturated rings. The first kappa shape index (κ1) is 16.1. The van der Waals surface area contributed by atoms with E-state index in [0.717, 1.165) is 19.3 Å². The summed E-state index contributed by atoms with van der Waals surface area (Å²) in [5.41, 5.74) is 0.337. The Morgan fingerprint density at radius 2 is 2.16 bits per heavy atom. The van der Waals surface area contributed by atoms with E-state index in [0.29, 0.717) is 35.6 Å². The van der Waals surface area contributed by atoms with Crippen molar-refractivity contribution in [2.45, 2.75) is 26.2 Å². The summed E-state index contributed by atoms with van der Waals surface area (Å²) >= 11 is 0. The van der Waals surface area contributed by atoms with Crippen molar-refractivity contribution < 1.29 is 19.0 Å². The van der Waals surface area contributed by atoms with E-state index < -0.39 is 17.7 Å². The predicted octanol–water partition coefficient (Wildman–Crippen LogP) is 2.78. The minimum Gasteiger partial charge on any atom is -0.494 e. The van der Waals surface area contributed by atoms with Crippen LogP contribution >= 0.6 is 0 Å². The van der Waals surface area contributed by atoms with Crippen molar-refractivity contribution in [1.29, 1.82) is 0 Å². The third-order valence-corrected chi connectivity index (χ3v) is 5.66. The second-order valence-electron chi connectivity index (χ2n) is 7.09. The molecule has 2 heterocycles. The van der Waals surface area contributed by atoms with Crippen LogP contribution in [0.4, 0.5) is 10.2 Å². The number of fused-ring (bicyclic) bond motifs is 1. The zero-order chi connectivity index (χ0) is 17.8. The Morgan fingerprint density at radius 3 is 2.72 bits per heavy atom. The Labute approximate surface area is 144 Å². The largest absolute Gasteiger partial charge is 0.494 e. The number of nitrogens with zero attached hydrogens (tertiary/aromatic N) is 3. The van der Waals surface area contributed by atoms with E-state index in [2.05, 4.69) is 9.97 Å². The van der Waals surface area contributed by atoms with E-state index >= 15 is 0 Å². The van der Waals surface area contributed by atoms with Gasteiger partial charge in [0.15, 0.2) is 11.6 Å². The van der Waals surface area contributed by atoms with Gasteiger partial charge in [0.25, 0.3) is 0 Å². The molecule has 1 N–H and O–H groups in total. The van der Waals surface area contributed by atoms with Crippen LogP contribution in [-0.2, 0) is 4.79 Å². The molecule has 25 heavy (non-hydrogen) atoms. The van der Waals surface area contributed by atoms with Gasteiger partial charge < -0.3 is 14.7 Å². The van der Waals surface area contributed by atoms with Crippen LogP contribution in [0.5, 0.6) is 5.75 Å². The number of benzene rings is 1. The molecule has 2 aromatic rings. The first-order chi connectivity index (χ1) is 11.9. The normalized spacial score (nSPS) is 21.6. The Hall–Kier alpha value is -2.44. The number of carboxylic acid groups (broad SMARTS) is 1. The third kappa shape index (κ3) is 2.41. The average molecular weight is 345 g/mol. The van der Waals surface area contributed by atoms with Gasteiger partial charge in [-0.3, -0.25) is 4.79 Å². The molecule has 0 radical (unpaired) electrons. The zero-order valence-corrected chi connectivity index (χ0v) is 14.3. The molecule has 1 aromatic heterocycles. The molecular formula is C18H20FN3O3. The van der Waals surface area contributed by atoms with E-state index in [1.165, 1.54) is 13.2 Å². The number of halogens is 1. The van der Waals surface area contributed by atoms with Crippen LogP contribution in [0, 0.1) is 24.1 Å². The minimum absolute atomic E-state index is 0.133. The van der Waals surface area contributed by atoms with Gasteiger partial charge in [0, 0.05) is 30.0 Å². The summed E-state index contributed by atoms with van der Waals surface area (Å²) < 4.78 is 19.1. The maximum Gasteiger partial charge on any atom is 0.308 e. The van der Waals surface area contributed by atoms with Gasteiger partial charge >= 0.3 is 5.97 Å². The molecule has 1 spiro atoms. The average Bonchev–Trinajstić information content (AvgIpc) is 2.94. The molecule has 7 heteroatoms. The maximum atomic E-state index is 14.0. The lowest BCUT2D eigenvalue weighted by Crippen LogP contribution is -2.40. The van der Waals surface area contributed by atoms with E-state index in [1.54, 1.807) is 13.0 Å². The SMILES string of the molecule is COc1cc2c(N3CC(C(=O)O)C4(CCC4)C3)nc(C)nc2cc1F. The molecule has 1 aliphatic heterocycles. The molecule has 2 aliphatic rings. The van der Waals surface area contributed by atoms with Gasteiger partial charge in [-0.2, -0.15) is 0 Å². The lowest BCUT2D eigenvalue weighted by molar-refractivity contribution is -0.146. The Bertz CT molecular complexity index is 866. The minimum atomic E-state index is -0.749. The molecule has 132 valence electrons. The topological polar surface area (TPSA) is 75.5 Å². The molecule has 1 atom stereocenters. The van der Waals surface area contributed by atoms with Crippen LogP contribution in [0.1, 0.15) is 25.1 Å². The first-order valence-corrected chi connectivity index (χ1v) is 8.43. The quantitative estimate of drug-likeness (QED) is 0.922. The van der Waals surface area contributed by atoms with Crippen LogP contribution in [0.25, 0.3) is 10.9 Å². The van der Waals surface area contributed by atoms with Crippen molar-refractivity contribution in [3.8, 4) is 5.75 Å². The second-order valence-corrected chi connectivity index (χ2v) is 7.09. The number of methoxy groups -OCH3 is 1. The van der Waals surface area contributed by atoms with Gasteiger partial charge in [-0.05, 0) is 25.8 Å². The van der Waals surface area contributed by atoms with Crippen molar-refractivity contribution in [2.24, 2.45) is 11.3 Å². The van der Waals surface area contributed by atoms with E-state index in [-0.39, 0.29) is 11.2 Å². The number of hydrogen-bond donors (Lipinski definition) is 1. The molecule has 1 saturated heterocycles. The molecule has 0 amide bonds. The fraction of sp³-hybridized carbons (Fsp3) is 0.500. The second kappa shape index (κ2) is 5.54. The molecular weight excluding hydrogens is 325 g/mol. The van der Waals surface area contributed by atoms with Crippen LogP contribution in [0.15, 0.2) is 12.1 Å². The molecule has 1 aliphatic carbocycles. The maximum absolute atomic E-state index is 14.0. The molecule has 0 bridgehead atoms. The predicted molar refractivity (Wildman–Crippen MR) is 90.4 cm³/mol. The number of aromatic nitrogens is 2. The molecule has 1 aromatic carbocycles. The fourth-order valence-electron chi connectivity index (χ4n) is 4.23. The highest BCUT2D eigenvalue weighted by Gasteiger charge is 2.54. The summed E-state index contributed by atoms with van der Waals surface area (Å²) in [6.45, 7) is 2.84. The lowest BCUT2D eigenvalue weighted by Gasteiger charge is -2.41. The smallest absolute Gasteiger partial charge is 0.308 e. The molecule has 6 nitrogen and oxygen atoms in total. The Kier molecular flexibility index (Phi) is 3.56. The summed E-state index contributed by atoms with van der Waals surface area (Å²) in [6.07, 6.45) is 2.93. The lowest BCUT2D eigenvalue weighted by atomic mass is 9.63. The number of carbonyl (C=O) groups is 1. The van der Waals surface area contributed by atoms with Gasteiger partial charge in [0.1, 0.15) is 11.6 Å². The fourth-order valence-corrected chi connectivity index (χ4v) is 4.23. The summed E-state index contributed by atoms with van der Waals surface area (Å²) in [4.78, 5) is 22.6. The highest BCUT2D eigenvalue weighted by atomic mass is 19.1. The molecule has 1 unspecified atom stereocenters. The molecule has 1 saturated carbocycles. The van der Waals surface area contributed by atoms with Crippen molar-refractivity contribution in [3.63, 3.8) is 0 Å². The summed E-state index contributed by atoms with van der Waals surface area (Å²) in [5, 5.41) is 10.3. The van der Waals surface area contributed by atoms with Gasteiger partial charge in [0.2, 0.25) is 0 Å². The highest BCUT2D eigenvalue weighted by molar-refractivity contribution is 5.91.